The van der Waals surface area contributed by atoms with Crippen LogP contribution in [-0.4, -0.2) is 14.3 Å². The molecule has 2 aromatic carbocycles. The van der Waals surface area contributed by atoms with Gasteiger partial charge in [0.25, 0.3) is 10.0 Å². The lowest BCUT2D eigenvalue weighted by molar-refractivity contribution is -0.136. The van der Waals surface area contributed by atoms with Crippen LogP contribution in [0.3, 0.4) is 0 Å². The van der Waals surface area contributed by atoms with Crippen LogP contribution >= 0.6 is 0 Å². The molecule has 140 valence electrons. The lowest BCUT2D eigenvalue weighted by Crippen LogP contribution is -2.18. The summed E-state index contributed by atoms with van der Waals surface area (Å²) in [6.07, 6.45) is -4.96. The van der Waals surface area contributed by atoms with E-state index in [-0.39, 0.29) is 5.69 Å². The predicted octanol–water partition coefficient (Wildman–Crippen LogP) is 3.74. The average molecular weight is 394 g/mol. The standard InChI is InChI=1S/C15H11F5N2O3S/c1-8(23)21-11-2-3-14(13(7-11)15(18,19)20)22-26(24,25)12-5-9(16)4-10(17)6-12/h2-7,22H,1H3,(H,21,23). The van der Waals surface area contributed by atoms with E-state index in [0.29, 0.717) is 24.3 Å². The number of carbonyl (C=O) groups is 1. The fourth-order valence-electron chi connectivity index (χ4n) is 2.04. The molecule has 0 radical (unpaired) electrons. The molecule has 2 aromatic rings. The number of carbonyl (C=O) groups excluding carboxylic acids is 1. The van der Waals surface area contributed by atoms with Crippen molar-refractivity contribution in [3.05, 3.63) is 53.6 Å². The number of hydrogen-bond donors (Lipinski definition) is 2. The van der Waals surface area contributed by atoms with Crippen LogP contribution in [0.25, 0.3) is 0 Å². The first-order valence-electron chi connectivity index (χ1n) is 6.86. The minimum Gasteiger partial charge on any atom is -0.326 e. The maximum absolute atomic E-state index is 13.2. The summed E-state index contributed by atoms with van der Waals surface area (Å²) in [5.41, 5.74) is -2.45. The van der Waals surface area contributed by atoms with Gasteiger partial charge in [0.1, 0.15) is 11.6 Å². The fourth-order valence-corrected chi connectivity index (χ4v) is 3.16. The molecule has 1 amide bonds. The largest absolute Gasteiger partial charge is 0.418 e. The number of amides is 1. The Kier molecular flexibility index (Phi) is 5.21. The minimum absolute atomic E-state index is 0.204. The van der Waals surface area contributed by atoms with E-state index < -0.39 is 49.9 Å². The molecule has 0 heterocycles. The maximum atomic E-state index is 13.2. The first-order valence-corrected chi connectivity index (χ1v) is 8.34. The van der Waals surface area contributed by atoms with Crippen molar-refractivity contribution >= 4 is 27.3 Å². The molecule has 0 spiro atoms. The number of benzene rings is 2. The number of halogens is 5. The van der Waals surface area contributed by atoms with E-state index in [0.717, 1.165) is 19.1 Å². The van der Waals surface area contributed by atoms with Crippen molar-refractivity contribution in [2.45, 2.75) is 18.0 Å². The van der Waals surface area contributed by atoms with Crippen LogP contribution < -0.4 is 10.0 Å². The zero-order chi connectivity index (χ0) is 19.7. The summed E-state index contributed by atoms with van der Waals surface area (Å²) in [6.45, 7) is 1.09. The van der Waals surface area contributed by atoms with Crippen LogP contribution in [0.4, 0.5) is 33.3 Å². The van der Waals surface area contributed by atoms with Crippen molar-refractivity contribution in [2.24, 2.45) is 0 Å². The van der Waals surface area contributed by atoms with Crippen LogP contribution in [0.1, 0.15) is 12.5 Å². The Balaban J connectivity index is 2.49. The molecule has 5 nitrogen and oxygen atoms in total. The zero-order valence-corrected chi connectivity index (χ0v) is 13.8. The van der Waals surface area contributed by atoms with Crippen LogP contribution in [0, 0.1) is 11.6 Å². The minimum atomic E-state index is -4.96. The highest BCUT2D eigenvalue weighted by Crippen LogP contribution is 2.37. The third-order valence-corrected chi connectivity index (χ3v) is 4.38. The highest BCUT2D eigenvalue weighted by atomic mass is 32.2. The molecule has 2 rings (SSSR count). The molecular weight excluding hydrogens is 383 g/mol. The lowest BCUT2D eigenvalue weighted by atomic mass is 10.1. The number of nitrogens with one attached hydrogen (secondary N) is 2. The molecule has 2 N–H and O–H groups in total. The Morgan fingerprint density at radius 1 is 1.00 bits per heavy atom. The molecule has 0 saturated carbocycles. The third-order valence-electron chi connectivity index (χ3n) is 3.04. The van der Waals surface area contributed by atoms with Crippen LogP contribution in [0.2, 0.25) is 0 Å². The number of hydrogen-bond acceptors (Lipinski definition) is 3. The summed E-state index contributed by atoms with van der Waals surface area (Å²) in [5.74, 6) is -3.04. The first-order chi connectivity index (χ1) is 11.9. The van der Waals surface area contributed by atoms with Crippen molar-refractivity contribution in [1.82, 2.24) is 0 Å². The van der Waals surface area contributed by atoms with Gasteiger partial charge in [-0.3, -0.25) is 9.52 Å². The Labute approximate surface area is 144 Å². The molecule has 0 unspecified atom stereocenters. The van der Waals surface area contributed by atoms with Gasteiger partial charge in [0, 0.05) is 18.7 Å². The van der Waals surface area contributed by atoms with E-state index in [2.05, 4.69) is 5.32 Å². The number of rotatable bonds is 4. The van der Waals surface area contributed by atoms with Gasteiger partial charge in [-0.05, 0) is 30.3 Å². The van der Waals surface area contributed by atoms with Crippen molar-refractivity contribution in [2.75, 3.05) is 10.0 Å². The molecule has 11 heteroatoms. The van der Waals surface area contributed by atoms with Gasteiger partial charge in [0.2, 0.25) is 5.91 Å². The SMILES string of the molecule is CC(=O)Nc1ccc(NS(=O)(=O)c2cc(F)cc(F)c2)c(C(F)(F)F)c1. The first kappa shape index (κ1) is 19.6. The van der Waals surface area contributed by atoms with E-state index in [9.17, 15) is 35.2 Å². The molecule has 0 atom stereocenters. The molecule has 0 saturated heterocycles. The third kappa shape index (κ3) is 4.69. The van der Waals surface area contributed by atoms with Crippen molar-refractivity contribution in [3.8, 4) is 0 Å². The van der Waals surface area contributed by atoms with Gasteiger partial charge in [0.15, 0.2) is 0 Å². The number of alkyl halides is 3. The summed E-state index contributed by atoms with van der Waals surface area (Å²) >= 11 is 0. The predicted molar refractivity (Wildman–Crippen MR) is 82.9 cm³/mol. The van der Waals surface area contributed by atoms with Crippen molar-refractivity contribution in [1.29, 1.82) is 0 Å². The quantitative estimate of drug-likeness (QED) is 0.776. The Hall–Kier alpha value is -2.69. The summed E-state index contributed by atoms with van der Waals surface area (Å²) < 4.78 is 92.0. The topological polar surface area (TPSA) is 75.3 Å². The second-order valence-electron chi connectivity index (χ2n) is 5.15. The monoisotopic (exact) mass is 394 g/mol. The fraction of sp³-hybridized carbons (Fsp3) is 0.133. The zero-order valence-electron chi connectivity index (χ0n) is 13.0. The number of sulfonamides is 1. The lowest BCUT2D eigenvalue weighted by Gasteiger charge is -2.16. The normalized spacial score (nSPS) is 11.9. The van der Waals surface area contributed by atoms with Crippen LogP contribution in [0.5, 0.6) is 0 Å². The smallest absolute Gasteiger partial charge is 0.326 e. The van der Waals surface area contributed by atoms with Crippen molar-refractivity contribution < 1.29 is 35.2 Å². The Morgan fingerprint density at radius 3 is 2.08 bits per heavy atom. The van der Waals surface area contributed by atoms with E-state index in [4.69, 9.17) is 0 Å². The molecule has 0 aliphatic heterocycles. The van der Waals surface area contributed by atoms with Crippen LogP contribution in [0.15, 0.2) is 41.3 Å². The summed E-state index contributed by atoms with van der Waals surface area (Å²) in [6, 6.07) is 3.70. The molecule has 0 fully saturated rings. The van der Waals surface area contributed by atoms with E-state index >= 15 is 0 Å². The Bertz CT molecular complexity index is 938. The molecule has 0 aliphatic rings. The van der Waals surface area contributed by atoms with Gasteiger partial charge < -0.3 is 5.32 Å². The summed E-state index contributed by atoms with van der Waals surface area (Å²) in [4.78, 5) is 10.1. The van der Waals surface area contributed by atoms with Gasteiger partial charge in [0.05, 0.1) is 16.1 Å². The van der Waals surface area contributed by atoms with Gasteiger partial charge in [-0.2, -0.15) is 13.2 Å². The van der Waals surface area contributed by atoms with Gasteiger partial charge in [-0.25, -0.2) is 17.2 Å². The molecule has 0 aromatic heterocycles. The maximum Gasteiger partial charge on any atom is 0.418 e. The van der Waals surface area contributed by atoms with Gasteiger partial charge in [-0.1, -0.05) is 0 Å². The van der Waals surface area contributed by atoms with E-state index in [1.807, 2.05) is 0 Å². The second kappa shape index (κ2) is 6.90. The average Bonchev–Trinajstić information content (AvgIpc) is 2.46. The molecule has 26 heavy (non-hydrogen) atoms. The Morgan fingerprint density at radius 2 is 1.58 bits per heavy atom. The van der Waals surface area contributed by atoms with Crippen LogP contribution in [-0.2, 0) is 21.0 Å². The highest BCUT2D eigenvalue weighted by Gasteiger charge is 2.35. The molecule has 0 aliphatic carbocycles. The highest BCUT2D eigenvalue weighted by molar-refractivity contribution is 7.92. The van der Waals surface area contributed by atoms with E-state index in [1.165, 1.54) is 0 Å². The molecule has 0 bridgehead atoms. The van der Waals surface area contributed by atoms with Gasteiger partial charge >= 0.3 is 6.18 Å². The van der Waals surface area contributed by atoms with Crippen molar-refractivity contribution in [3.63, 3.8) is 0 Å². The summed E-state index contributed by atoms with van der Waals surface area (Å²) in [7, 11) is -4.69. The number of anilines is 2. The van der Waals surface area contributed by atoms with Gasteiger partial charge in [-0.15, -0.1) is 0 Å². The summed E-state index contributed by atoms with van der Waals surface area (Å²) in [5, 5.41) is 2.14. The van der Waals surface area contributed by atoms with E-state index in [1.54, 1.807) is 4.72 Å². The second-order valence-corrected chi connectivity index (χ2v) is 6.83. The molecular formula is C15H11F5N2O3S.